The average Bonchev–Trinajstić information content (AvgIpc) is 2.42. The summed E-state index contributed by atoms with van der Waals surface area (Å²) in [6.07, 6.45) is 0. The topological polar surface area (TPSA) is 78.6 Å². The predicted molar refractivity (Wildman–Crippen MR) is 70.2 cm³/mol. The Hall–Kier alpha value is -1.89. The fourth-order valence-corrected chi connectivity index (χ4v) is 2.05. The van der Waals surface area contributed by atoms with Gasteiger partial charge in [0.25, 0.3) is 0 Å². The molecule has 0 unspecified atom stereocenters. The van der Waals surface area contributed by atoms with Crippen molar-refractivity contribution in [2.75, 3.05) is 0 Å². The van der Waals surface area contributed by atoms with Gasteiger partial charge < -0.3 is 4.74 Å². The number of aryl methyl sites for hydroxylation is 1. The predicted octanol–water partition coefficient (Wildman–Crippen LogP) is 2.37. The third-order valence-electron chi connectivity index (χ3n) is 2.50. The van der Waals surface area contributed by atoms with E-state index in [-0.39, 0.29) is 4.90 Å². The van der Waals surface area contributed by atoms with Crippen LogP contribution in [0.2, 0.25) is 0 Å². The normalized spacial score (nSPS) is 11.3. The first kappa shape index (κ1) is 13.5. The summed E-state index contributed by atoms with van der Waals surface area (Å²) in [5, 5.41) is 0. The van der Waals surface area contributed by atoms with E-state index in [2.05, 4.69) is 4.28 Å². The van der Waals surface area contributed by atoms with E-state index in [0.717, 1.165) is 5.56 Å². The van der Waals surface area contributed by atoms with Gasteiger partial charge in [-0.25, -0.2) is 0 Å². The summed E-state index contributed by atoms with van der Waals surface area (Å²) >= 11 is 0. The smallest absolute Gasteiger partial charge is 0.312 e. The van der Waals surface area contributed by atoms with Gasteiger partial charge in [-0.3, -0.25) is 0 Å². The van der Waals surface area contributed by atoms with Gasteiger partial charge in [-0.1, -0.05) is 17.7 Å². The summed E-state index contributed by atoms with van der Waals surface area (Å²) in [6, 6.07) is 13.3. The molecule has 100 valence electrons. The highest BCUT2D eigenvalue weighted by atomic mass is 32.2. The third kappa shape index (κ3) is 3.31. The minimum Gasteiger partial charge on any atom is -0.457 e. The van der Waals surface area contributed by atoms with Crippen molar-refractivity contribution in [3.63, 3.8) is 0 Å². The summed E-state index contributed by atoms with van der Waals surface area (Å²) in [4.78, 5) is -0.0220. The highest BCUT2D eigenvalue weighted by Gasteiger charge is 2.13. The van der Waals surface area contributed by atoms with Crippen LogP contribution >= 0.6 is 0 Å². The summed E-state index contributed by atoms with van der Waals surface area (Å²) < 4.78 is 32.1. The van der Waals surface area contributed by atoms with Gasteiger partial charge in [-0.05, 0) is 43.3 Å². The first-order chi connectivity index (χ1) is 9.01. The van der Waals surface area contributed by atoms with Crippen LogP contribution in [-0.4, -0.2) is 8.42 Å². The van der Waals surface area contributed by atoms with E-state index < -0.39 is 10.1 Å². The van der Waals surface area contributed by atoms with Crippen LogP contribution in [0.5, 0.6) is 11.5 Å². The molecule has 0 saturated carbocycles. The van der Waals surface area contributed by atoms with Crippen LogP contribution < -0.4 is 10.6 Å². The van der Waals surface area contributed by atoms with Crippen LogP contribution in [0, 0.1) is 6.92 Å². The molecule has 0 radical (unpaired) electrons. The fourth-order valence-electron chi connectivity index (χ4n) is 1.47. The first-order valence-corrected chi connectivity index (χ1v) is 6.90. The van der Waals surface area contributed by atoms with Gasteiger partial charge in [0.15, 0.2) is 0 Å². The van der Waals surface area contributed by atoms with Crippen molar-refractivity contribution < 1.29 is 17.4 Å². The van der Waals surface area contributed by atoms with Crippen molar-refractivity contribution in [1.82, 2.24) is 0 Å². The molecule has 0 aliphatic rings. The molecule has 0 heterocycles. The van der Waals surface area contributed by atoms with Gasteiger partial charge >= 0.3 is 10.1 Å². The second-order valence-corrected chi connectivity index (χ2v) is 5.51. The highest BCUT2D eigenvalue weighted by Crippen LogP contribution is 2.23. The molecule has 0 aliphatic heterocycles. The Kier molecular flexibility index (Phi) is 3.84. The largest absolute Gasteiger partial charge is 0.457 e. The molecule has 0 aliphatic carbocycles. The van der Waals surface area contributed by atoms with E-state index in [0.29, 0.717) is 11.5 Å². The molecule has 2 aromatic rings. The number of hydrogen-bond donors (Lipinski definition) is 1. The van der Waals surface area contributed by atoms with Gasteiger partial charge in [0.05, 0.1) is 4.90 Å². The fraction of sp³-hybridized carbons (Fsp3) is 0.0769. The number of rotatable bonds is 4. The van der Waals surface area contributed by atoms with E-state index in [9.17, 15) is 8.42 Å². The zero-order valence-corrected chi connectivity index (χ0v) is 11.1. The zero-order valence-electron chi connectivity index (χ0n) is 10.2. The number of hydrogen-bond acceptors (Lipinski definition) is 5. The molecule has 0 bridgehead atoms. The van der Waals surface area contributed by atoms with Crippen molar-refractivity contribution in [1.29, 1.82) is 0 Å². The SMILES string of the molecule is Cc1ccc(Oc2ccc(S(=O)(=O)ON)cc2)cc1. The Morgan fingerprint density at radius 3 is 1.84 bits per heavy atom. The molecule has 0 aromatic heterocycles. The van der Waals surface area contributed by atoms with E-state index in [1.54, 1.807) is 0 Å². The van der Waals surface area contributed by atoms with Crippen LogP contribution in [0.1, 0.15) is 5.56 Å². The molecule has 2 N–H and O–H groups in total. The zero-order chi connectivity index (χ0) is 13.9. The van der Waals surface area contributed by atoms with Crippen LogP contribution in [-0.2, 0) is 14.4 Å². The third-order valence-corrected chi connectivity index (χ3v) is 3.60. The molecule has 2 aromatic carbocycles. The summed E-state index contributed by atoms with van der Waals surface area (Å²) in [6.45, 7) is 1.98. The lowest BCUT2D eigenvalue weighted by Crippen LogP contribution is -2.10. The molecular formula is C13H13NO4S. The maximum Gasteiger partial charge on any atom is 0.312 e. The molecule has 0 fully saturated rings. The molecule has 0 saturated heterocycles. The van der Waals surface area contributed by atoms with Crippen molar-refractivity contribution >= 4 is 10.1 Å². The molecule has 2 rings (SSSR count). The molecule has 6 heteroatoms. The second-order valence-electron chi connectivity index (χ2n) is 3.94. The lowest BCUT2D eigenvalue weighted by Gasteiger charge is -2.06. The van der Waals surface area contributed by atoms with E-state index in [4.69, 9.17) is 10.6 Å². The Morgan fingerprint density at radius 2 is 1.37 bits per heavy atom. The molecule has 5 nitrogen and oxygen atoms in total. The monoisotopic (exact) mass is 279 g/mol. The molecular weight excluding hydrogens is 266 g/mol. The lowest BCUT2D eigenvalue weighted by molar-refractivity contribution is 0.333. The van der Waals surface area contributed by atoms with E-state index in [1.165, 1.54) is 24.3 Å². The second kappa shape index (κ2) is 5.40. The van der Waals surface area contributed by atoms with Gasteiger partial charge in [0.2, 0.25) is 0 Å². The minimum absolute atomic E-state index is 0.0220. The number of ether oxygens (including phenoxy) is 1. The number of benzene rings is 2. The van der Waals surface area contributed by atoms with Gasteiger partial charge in [-0.2, -0.15) is 18.6 Å². The van der Waals surface area contributed by atoms with E-state index >= 15 is 0 Å². The number of nitrogens with two attached hydrogens (primary N) is 1. The average molecular weight is 279 g/mol. The molecule has 0 amide bonds. The van der Waals surface area contributed by atoms with Crippen LogP contribution in [0.3, 0.4) is 0 Å². The summed E-state index contributed by atoms with van der Waals surface area (Å²) in [5.74, 6) is 5.90. The van der Waals surface area contributed by atoms with Gasteiger partial charge in [0.1, 0.15) is 11.5 Å². The molecule has 0 atom stereocenters. The molecule has 0 spiro atoms. The van der Waals surface area contributed by atoms with Crippen molar-refractivity contribution in [3.8, 4) is 11.5 Å². The van der Waals surface area contributed by atoms with E-state index in [1.807, 2.05) is 31.2 Å². The lowest BCUT2D eigenvalue weighted by atomic mass is 10.2. The quantitative estimate of drug-likeness (QED) is 0.869. The molecule has 19 heavy (non-hydrogen) atoms. The van der Waals surface area contributed by atoms with Gasteiger partial charge in [0, 0.05) is 0 Å². The minimum atomic E-state index is -3.87. The highest BCUT2D eigenvalue weighted by molar-refractivity contribution is 7.86. The first-order valence-electron chi connectivity index (χ1n) is 5.49. The Bertz CT molecular complexity index is 648. The van der Waals surface area contributed by atoms with Crippen molar-refractivity contribution in [2.45, 2.75) is 11.8 Å². The van der Waals surface area contributed by atoms with Crippen LogP contribution in [0.4, 0.5) is 0 Å². The van der Waals surface area contributed by atoms with Crippen LogP contribution in [0.15, 0.2) is 53.4 Å². The maximum atomic E-state index is 11.3. The Balaban J connectivity index is 2.17. The van der Waals surface area contributed by atoms with Crippen molar-refractivity contribution in [3.05, 3.63) is 54.1 Å². The van der Waals surface area contributed by atoms with Crippen molar-refractivity contribution in [2.24, 2.45) is 5.90 Å². The Labute approximate surface area is 111 Å². The van der Waals surface area contributed by atoms with Crippen LogP contribution in [0.25, 0.3) is 0 Å². The summed E-state index contributed by atoms with van der Waals surface area (Å²) in [7, 11) is -3.87. The Morgan fingerprint density at radius 1 is 0.895 bits per heavy atom. The maximum absolute atomic E-state index is 11.3. The summed E-state index contributed by atoms with van der Waals surface area (Å²) in [5.41, 5.74) is 1.13. The standard InChI is InChI=1S/C13H13NO4S/c1-10-2-4-11(5-3-10)17-12-6-8-13(9-7-12)19(15,16)18-14/h2-9H,14H2,1H3. The van der Waals surface area contributed by atoms with Gasteiger partial charge in [-0.15, -0.1) is 0 Å².